The summed E-state index contributed by atoms with van der Waals surface area (Å²) in [5, 5.41) is 2.60. The van der Waals surface area contributed by atoms with Gasteiger partial charge in [0.05, 0.1) is 24.3 Å². The van der Waals surface area contributed by atoms with Gasteiger partial charge in [0.1, 0.15) is 0 Å². The van der Waals surface area contributed by atoms with E-state index < -0.39 is 0 Å². The number of carbonyl (C=O) groups excluding carboxylic acids is 2. The van der Waals surface area contributed by atoms with Crippen LogP contribution in [0, 0.1) is 5.92 Å². The molecule has 0 aliphatic carbocycles. The first-order valence-corrected chi connectivity index (χ1v) is 6.82. The van der Waals surface area contributed by atoms with Gasteiger partial charge in [0.2, 0.25) is 11.8 Å². The molecule has 21 heavy (non-hydrogen) atoms. The molecule has 2 amide bonds. The van der Waals surface area contributed by atoms with Crippen LogP contribution in [0.5, 0.6) is 0 Å². The zero-order valence-corrected chi connectivity index (χ0v) is 12.2. The number of rotatable bonds is 5. The number of nitrogens with zero attached hydrogens (tertiary/aromatic N) is 2. The number of H-pyrrole nitrogens is 1. The molecule has 1 saturated heterocycles. The van der Waals surface area contributed by atoms with Gasteiger partial charge in [-0.2, -0.15) is 0 Å². The summed E-state index contributed by atoms with van der Waals surface area (Å²) in [5.41, 5.74) is 0.771. The van der Waals surface area contributed by atoms with Gasteiger partial charge in [0.15, 0.2) is 0 Å². The molecule has 114 valence electrons. The van der Waals surface area contributed by atoms with Crippen LogP contribution in [0.2, 0.25) is 0 Å². The van der Waals surface area contributed by atoms with Crippen molar-refractivity contribution in [3.63, 3.8) is 0 Å². The summed E-state index contributed by atoms with van der Waals surface area (Å²) in [6.07, 6.45) is 6.64. The maximum Gasteiger partial charge on any atom is 0.246 e. The molecule has 2 heterocycles. The van der Waals surface area contributed by atoms with Crippen LogP contribution in [0.25, 0.3) is 6.08 Å². The van der Waals surface area contributed by atoms with Gasteiger partial charge in [-0.3, -0.25) is 9.59 Å². The smallest absolute Gasteiger partial charge is 0.246 e. The summed E-state index contributed by atoms with van der Waals surface area (Å²) in [7, 11) is 3.21. The number of nitrogens with one attached hydrogen (secondary N) is 2. The van der Waals surface area contributed by atoms with E-state index >= 15 is 0 Å². The molecule has 1 aliphatic rings. The Hall–Kier alpha value is -2.15. The lowest BCUT2D eigenvalue weighted by Crippen LogP contribution is -2.28. The lowest BCUT2D eigenvalue weighted by atomic mass is 10.0. The number of imidazole rings is 1. The minimum absolute atomic E-state index is 0.0273. The van der Waals surface area contributed by atoms with Crippen molar-refractivity contribution in [1.82, 2.24) is 20.2 Å². The second-order valence-electron chi connectivity index (χ2n) is 5.00. The third kappa shape index (κ3) is 3.91. The number of hydrogen-bond acceptors (Lipinski definition) is 4. The van der Waals surface area contributed by atoms with Gasteiger partial charge in [0.25, 0.3) is 0 Å². The van der Waals surface area contributed by atoms with Crippen molar-refractivity contribution in [2.75, 3.05) is 27.2 Å². The molecule has 1 aliphatic heterocycles. The topological polar surface area (TPSA) is 87.3 Å². The number of likely N-dealkylation sites (tertiary alicyclic amines) is 1. The summed E-state index contributed by atoms with van der Waals surface area (Å²) < 4.78 is 5.39. The molecule has 2 atom stereocenters. The first-order chi connectivity index (χ1) is 10.1. The van der Waals surface area contributed by atoms with Crippen molar-refractivity contribution in [2.24, 2.45) is 5.92 Å². The van der Waals surface area contributed by atoms with Crippen LogP contribution in [0.3, 0.4) is 0 Å². The first-order valence-electron chi connectivity index (χ1n) is 6.82. The molecular weight excluding hydrogens is 272 g/mol. The Bertz CT molecular complexity index is 512. The predicted molar refractivity (Wildman–Crippen MR) is 77.2 cm³/mol. The Morgan fingerprint density at radius 1 is 1.57 bits per heavy atom. The van der Waals surface area contributed by atoms with Crippen molar-refractivity contribution in [2.45, 2.75) is 12.5 Å². The van der Waals surface area contributed by atoms with Gasteiger partial charge in [-0.1, -0.05) is 0 Å². The molecule has 1 aromatic rings. The molecule has 7 heteroatoms. The summed E-state index contributed by atoms with van der Waals surface area (Å²) in [4.78, 5) is 32.1. The first kappa shape index (κ1) is 15.2. The highest BCUT2D eigenvalue weighted by molar-refractivity contribution is 5.91. The van der Waals surface area contributed by atoms with Crippen molar-refractivity contribution in [3.8, 4) is 0 Å². The summed E-state index contributed by atoms with van der Waals surface area (Å²) in [5.74, 6) is -0.102. The average molecular weight is 292 g/mol. The molecule has 7 nitrogen and oxygen atoms in total. The molecule has 1 fully saturated rings. The fourth-order valence-electron chi connectivity index (χ4n) is 2.45. The SMILES string of the molecule is CNC(=O)C[C@@H]1CN(C(=O)/C=C/c2cnc[nH]2)C[C@@H]1OC. The van der Waals surface area contributed by atoms with Crippen LogP contribution in [0.1, 0.15) is 12.1 Å². The van der Waals surface area contributed by atoms with E-state index in [0.29, 0.717) is 19.5 Å². The minimum atomic E-state index is -0.105. The quantitative estimate of drug-likeness (QED) is 0.750. The number of hydrogen-bond donors (Lipinski definition) is 2. The maximum atomic E-state index is 12.2. The van der Waals surface area contributed by atoms with E-state index in [1.165, 1.54) is 6.08 Å². The van der Waals surface area contributed by atoms with Gasteiger partial charge in [-0.05, 0) is 6.08 Å². The van der Waals surface area contributed by atoms with Crippen molar-refractivity contribution in [1.29, 1.82) is 0 Å². The average Bonchev–Trinajstić information content (AvgIpc) is 3.13. The zero-order chi connectivity index (χ0) is 15.2. The van der Waals surface area contributed by atoms with Crippen molar-refractivity contribution >= 4 is 17.9 Å². The molecule has 0 radical (unpaired) electrons. The Balaban J connectivity index is 1.95. The molecule has 0 unspecified atom stereocenters. The molecule has 0 aromatic carbocycles. The largest absolute Gasteiger partial charge is 0.379 e. The van der Waals surface area contributed by atoms with Gasteiger partial charge >= 0.3 is 0 Å². The zero-order valence-electron chi connectivity index (χ0n) is 12.2. The van der Waals surface area contributed by atoms with E-state index in [0.717, 1.165) is 5.69 Å². The molecule has 1 aromatic heterocycles. The van der Waals surface area contributed by atoms with Crippen LogP contribution in [-0.2, 0) is 14.3 Å². The van der Waals surface area contributed by atoms with Crippen molar-refractivity contribution in [3.05, 3.63) is 24.3 Å². The highest BCUT2D eigenvalue weighted by Gasteiger charge is 2.35. The molecule has 0 saturated carbocycles. The second kappa shape index (κ2) is 7.03. The number of methoxy groups -OCH3 is 1. The molecule has 2 N–H and O–H groups in total. The van der Waals surface area contributed by atoms with E-state index in [-0.39, 0.29) is 23.8 Å². The fraction of sp³-hybridized carbons (Fsp3) is 0.500. The Kier molecular flexibility index (Phi) is 5.10. The van der Waals surface area contributed by atoms with Gasteiger partial charge < -0.3 is 19.9 Å². The molecule has 0 spiro atoms. The maximum absolute atomic E-state index is 12.2. The third-order valence-corrected chi connectivity index (χ3v) is 3.65. The van der Waals surface area contributed by atoms with E-state index in [9.17, 15) is 9.59 Å². The Morgan fingerprint density at radius 3 is 3.00 bits per heavy atom. The number of amides is 2. The van der Waals surface area contributed by atoms with Gasteiger partial charge in [-0.25, -0.2) is 4.98 Å². The highest BCUT2D eigenvalue weighted by atomic mass is 16.5. The van der Waals surface area contributed by atoms with Crippen molar-refractivity contribution < 1.29 is 14.3 Å². The Morgan fingerprint density at radius 2 is 2.38 bits per heavy atom. The van der Waals surface area contributed by atoms with Gasteiger partial charge in [-0.15, -0.1) is 0 Å². The van der Waals surface area contributed by atoms with E-state index in [2.05, 4.69) is 15.3 Å². The number of ether oxygens (including phenoxy) is 1. The number of aromatic nitrogens is 2. The number of carbonyl (C=O) groups is 2. The van der Waals surface area contributed by atoms with Crippen LogP contribution < -0.4 is 5.32 Å². The van der Waals surface area contributed by atoms with E-state index in [1.54, 1.807) is 37.7 Å². The Labute approximate surface area is 123 Å². The predicted octanol–water partition coefficient (Wildman–Crippen LogP) is 0.0324. The minimum Gasteiger partial charge on any atom is -0.379 e. The van der Waals surface area contributed by atoms with E-state index in [1.807, 2.05) is 0 Å². The molecular formula is C14H20N4O3. The van der Waals surface area contributed by atoms with Crippen LogP contribution in [0.4, 0.5) is 0 Å². The third-order valence-electron chi connectivity index (χ3n) is 3.65. The van der Waals surface area contributed by atoms with Gasteiger partial charge in [0, 0.05) is 45.7 Å². The highest BCUT2D eigenvalue weighted by Crippen LogP contribution is 2.23. The fourth-order valence-corrected chi connectivity index (χ4v) is 2.45. The summed E-state index contributed by atoms with van der Waals surface area (Å²) in [6, 6.07) is 0. The lowest BCUT2D eigenvalue weighted by molar-refractivity contribution is -0.126. The van der Waals surface area contributed by atoms with Crippen LogP contribution in [-0.4, -0.2) is 60.0 Å². The monoisotopic (exact) mass is 292 g/mol. The standard InChI is InChI=1S/C14H20N4O3/c1-15-13(19)5-10-7-18(8-12(10)21-2)14(20)4-3-11-6-16-9-17-11/h3-4,6,9-10,12H,5,7-8H2,1-2H3,(H,15,19)(H,16,17)/b4-3+/t10-,12+/m1/s1. The molecule has 0 bridgehead atoms. The lowest BCUT2D eigenvalue weighted by Gasteiger charge is -2.14. The second-order valence-corrected chi connectivity index (χ2v) is 5.00. The number of aromatic amines is 1. The summed E-state index contributed by atoms with van der Waals surface area (Å²) >= 11 is 0. The molecule has 2 rings (SSSR count). The normalized spacial score (nSPS) is 21.9. The van der Waals surface area contributed by atoms with E-state index in [4.69, 9.17) is 4.74 Å². The summed E-state index contributed by atoms with van der Waals surface area (Å²) in [6.45, 7) is 1.03. The van der Waals surface area contributed by atoms with Crippen LogP contribution >= 0.6 is 0 Å². The van der Waals surface area contributed by atoms with Crippen LogP contribution in [0.15, 0.2) is 18.6 Å².